The Bertz CT molecular complexity index is 272. The molecule has 7 heteroatoms. The van der Waals surface area contributed by atoms with Gasteiger partial charge in [-0.1, -0.05) is 4.40 Å². The lowest BCUT2D eigenvalue weighted by Gasteiger charge is -2.27. The lowest BCUT2D eigenvalue weighted by atomic mass is 10.1. The van der Waals surface area contributed by atoms with E-state index in [2.05, 4.69) is 9.13 Å². The monoisotopic (exact) mass is 273 g/mol. The summed E-state index contributed by atoms with van der Waals surface area (Å²) in [5.74, 6) is 0. The maximum absolute atomic E-state index is 12.4. The summed E-state index contributed by atoms with van der Waals surface area (Å²) in [6, 6.07) is 0. The van der Waals surface area contributed by atoms with Crippen molar-refractivity contribution in [3.63, 3.8) is 0 Å². The van der Waals surface area contributed by atoms with Gasteiger partial charge in [0.25, 0.3) is 0 Å². The van der Waals surface area contributed by atoms with Crippen LogP contribution in [0.15, 0.2) is 4.40 Å². The second kappa shape index (κ2) is 5.58. The van der Waals surface area contributed by atoms with Crippen molar-refractivity contribution in [3.8, 4) is 0 Å². The minimum absolute atomic E-state index is 0.325. The number of alkyl halides is 3. The molecule has 0 radical (unpaired) electrons. The van der Waals surface area contributed by atoms with Crippen LogP contribution in [-0.4, -0.2) is 33.9 Å². The molecular weight excluding hydrogens is 255 g/mol. The van der Waals surface area contributed by atoms with Crippen LogP contribution in [-0.2, 0) is 16.1 Å². The molecule has 0 amide bonds. The van der Waals surface area contributed by atoms with Gasteiger partial charge in [-0.05, 0) is 34.6 Å². The molecule has 1 atom stereocenters. The highest BCUT2D eigenvalue weighted by Gasteiger charge is 2.48. The Kier molecular flexibility index (Phi) is 5.49. The van der Waals surface area contributed by atoms with Gasteiger partial charge in [-0.2, -0.15) is 13.2 Å². The SMILES string of the molecule is CC(C)(C)[S@+]([O-])/N=C/COC(C)(C)C(F)(F)F. The van der Waals surface area contributed by atoms with Crippen LogP contribution in [0.25, 0.3) is 0 Å². The van der Waals surface area contributed by atoms with E-state index < -0.39 is 27.9 Å². The van der Waals surface area contributed by atoms with Crippen molar-refractivity contribution < 1.29 is 22.5 Å². The average Bonchev–Trinajstić information content (AvgIpc) is 2.08. The van der Waals surface area contributed by atoms with Gasteiger partial charge in [0.05, 0.1) is 12.8 Å². The predicted octanol–water partition coefficient (Wildman–Crippen LogP) is 2.88. The number of hydrogen-bond acceptors (Lipinski definition) is 3. The van der Waals surface area contributed by atoms with Gasteiger partial charge in [0.1, 0.15) is 16.1 Å². The highest BCUT2D eigenvalue weighted by molar-refractivity contribution is 7.91. The molecule has 0 aliphatic carbocycles. The lowest BCUT2D eigenvalue weighted by Crippen LogP contribution is -2.42. The smallest absolute Gasteiger partial charge is 0.416 e. The summed E-state index contributed by atoms with van der Waals surface area (Å²) in [7, 11) is 0. The maximum Gasteiger partial charge on any atom is 0.416 e. The zero-order valence-corrected chi connectivity index (χ0v) is 11.4. The van der Waals surface area contributed by atoms with Gasteiger partial charge in [0.2, 0.25) is 0 Å². The summed E-state index contributed by atoms with van der Waals surface area (Å²) in [6.07, 6.45) is -3.33. The Hall–Kier alpha value is -0.270. The molecule has 0 heterocycles. The van der Waals surface area contributed by atoms with E-state index in [1.807, 2.05) is 0 Å². The fraction of sp³-hybridized carbons (Fsp3) is 0.900. The fourth-order valence-electron chi connectivity index (χ4n) is 0.584. The first-order valence-corrected chi connectivity index (χ1v) is 6.14. The summed E-state index contributed by atoms with van der Waals surface area (Å²) >= 11 is -1.48. The highest BCUT2D eigenvalue weighted by atomic mass is 32.2. The molecule has 0 saturated heterocycles. The van der Waals surface area contributed by atoms with Crippen LogP contribution in [0.2, 0.25) is 0 Å². The standard InChI is InChI=1S/C10H18F3NO2S/c1-8(2,3)17(15)14-6-7-16-9(4,5)10(11,12)13/h6H,7H2,1-5H3/b14-6+/t17-/m0/s1. The molecule has 0 aromatic rings. The minimum Gasteiger partial charge on any atom is -0.591 e. The second-order valence-corrected chi connectivity index (χ2v) is 6.90. The number of nitrogens with zero attached hydrogens (tertiary/aromatic N) is 1. The van der Waals surface area contributed by atoms with E-state index in [4.69, 9.17) is 0 Å². The zero-order chi connectivity index (χ0) is 13.9. The molecule has 0 aliphatic rings. The molecule has 0 unspecified atom stereocenters. The van der Waals surface area contributed by atoms with Gasteiger partial charge in [0, 0.05) is 0 Å². The van der Waals surface area contributed by atoms with Crippen molar-refractivity contribution in [1.29, 1.82) is 0 Å². The maximum atomic E-state index is 12.4. The van der Waals surface area contributed by atoms with E-state index in [-0.39, 0.29) is 6.61 Å². The molecule has 3 nitrogen and oxygen atoms in total. The van der Waals surface area contributed by atoms with Crippen LogP contribution in [0.5, 0.6) is 0 Å². The average molecular weight is 273 g/mol. The van der Waals surface area contributed by atoms with Crippen molar-refractivity contribution in [2.45, 2.75) is 51.1 Å². The van der Waals surface area contributed by atoms with Crippen LogP contribution < -0.4 is 0 Å². The van der Waals surface area contributed by atoms with Gasteiger partial charge in [-0.3, -0.25) is 0 Å². The topological polar surface area (TPSA) is 44.7 Å². The molecule has 0 aromatic heterocycles. The summed E-state index contributed by atoms with van der Waals surface area (Å²) in [6.45, 7) is 6.71. The molecule has 0 aromatic carbocycles. The Balaban J connectivity index is 4.22. The first kappa shape index (κ1) is 16.7. The van der Waals surface area contributed by atoms with E-state index in [1.165, 1.54) is 0 Å². The second-order valence-electron chi connectivity index (χ2n) is 4.97. The van der Waals surface area contributed by atoms with Gasteiger partial charge < -0.3 is 9.29 Å². The third-order valence-corrected chi connectivity index (χ3v) is 3.28. The van der Waals surface area contributed by atoms with Crippen molar-refractivity contribution in [1.82, 2.24) is 0 Å². The molecule has 102 valence electrons. The van der Waals surface area contributed by atoms with Gasteiger partial charge >= 0.3 is 6.18 Å². The lowest BCUT2D eigenvalue weighted by molar-refractivity contribution is -0.258. The molecule has 0 bridgehead atoms. The van der Waals surface area contributed by atoms with E-state index in [1.54, 1.807) is 20.8 Å². The van der Waals surface area contributed by atoms with Gasteiger partial charge in [0.15, 0.2) is 5.60 Å². The Labute approximate surface area is 103 Å². The summed E-state index contributed by atoms with van der Waals surface area (Å²) in [5, 5.41) is 0. The van der Waals surface area contributed by atoms with Crippen molar-refractivity contribution >= 4 is 17.6 Å². The Morgan fingerprint density at radius 3 is 2.00 bits per heavy atom. The molecule has 17 heavy (non-hydrogen) atoms. The minimum atomic E-state index is -4.44. The normalized spacial score (nSPS) is 16.5. The van der Waals surface area contributed by atoms with E-state index in [0.29, 0.717) is 0 Å². The number of halogens is 3. The first-order valence-electron chi connectivity index (χ1n) is 5.03. The molecule has 0 aliphatic heterocycles. The largest absolute Gasteiger partial charge is 0.591 e. The molecule has 0 spiro atoms. The van der Waals surface area contributed by atoms with Crippen molar-refractivity contribution in [2.24, 2.45) is 4.40 Å². The fourth-order valence-corrected chi connectivity index (χ4v) is 1.10. The molecule has 0 N–H and O–H groups in total. The zero-order valence-electron chi connectivity index (χ0n) is 10.6. The summed E-state index contributed by atoms with van der Waals surface area (Å²) < 4.78 is 56.3. The van der Waals surface area contributed by atoms with Gasteiger partial charge in [-0.15, -0.1) is 0 Å². The van der Waals surface area contributed by atoms with Crippen LogP contribution in [0.1, 0.15) is 34.6 Å². The molecule has 0 saturated carbocycles. The van der Waals surface area contributed by atoms with E-state index >= 15 is 0 Å². The van der Waals surface area contributed by atoms with Crippen molar-refractivity contribution in [3.05, 3.63) is 0 Å². The Morgan fingerprint density at radius 1 is 1.18 bits per heavy atom. The summed E-state index contributed by atoms with van der Waals surface area (Å²) in [5.41, 5.74) is -2.23. The predicted molar refractivity (Wildman–Crippen MR) is 62.5 cm³/mol. The van der Waals surface area contributed by atoms with E-state index in [9.17, 15) is 17.7 Å². The Morgan fingerprint density at radius 2 is 1.65 bits per heavy atom. The summed E-state index contributed by atoms with van der Waals surface area (Å²) in [4.78, 5) is 0. The number of rotatable bonds is 4. The third-order valence-electron chi connectivity index (χ3n) is 1.90. The molecular formula is C10H18F3NO2S. The van der Waals surface area contributed by atoms with Crippen LogP contribution in [0, 0.1) is 0 Å². The van der Waals surface area contributed by atoms with Crippen LogP contribution in [0.3, 0.4) is 0 Å². The van der Waals surface area contributed by atoms with Gasteiger partial charge in [-0.25, -0.2) is 0 Å². The quantitative estimate of drug-likeness (QED) is 0.584. The van der Waals surface area contributed by atoms with Crippen LogP contribution in [0.4, 0.5) is 13.2 Å². The van der Waals surface area contributed by atoms with Crippen LogP contribution >= 0.6 is 0 Å². The number of ether oxygens (including phenoxy) is 1. The highest BCUT2D eigenvalue weighted by Crippen LogP contribution is 2.32. The molecule has 0 fully saturated rings. The first-order chi connectivity index (χ1) is 7.38. The van der Waals surface area contributed by atoms with E-state index in [0.717, 1.165) is 20.1 Å². The number of hydrogen-bond donors (Lipinski definition) is 0. The third kappa shape index (κ3) is 5.74. The molecule has 0 rings (SSSR count). The van der Waals surface area contributed by atoms with Crippen molar-refractivity contribution in [2.75, 3.05) is 6.61 Å².